The van der Waals surface area contributed by atoms with E-state index in [1.807, 2.05) is 30.7 Å². The van der Waals surface area contributed by atoms with Crippen LogP contribution in [0, 0.1) is 0 Å². The molecule has 4 nitrogen and oxygen atoms in total. The Balaban J connectivity index is 1.96. The van der Waals surface area contributed by atoms with Crippen molar-refractivity contribution in [1.29, 1.82) is 0 Å². The topological polar surface area (TPSA) is 50.9 Å². The molecule has 0 radical (unpaired) electrons. The van der Waals surface area contributed by atoms with Crippen LogP contribution in [0.15, 0.2) is 36.8 Å². The molecule has 4 heteroatoms. The summed E-state index contributed by atoms with van der Waals surface area (Å²) >= 11 is 0. The van der Waals surface area contributed by atoms with Crippen LogP contribution in [0.25, 0.3) is 21.9 Å². The SMILES string of the molecule is CCC(n1cnc2cnc3ccccc3c21)C1(O)CCCC1. The smallest absolute Gasteiger partial charge is 0.107 e. The van der Waals surface area contributed by atoms with E-state index in [0.29, 0.717) is 0 Å². The number of nitrogens with zero attached hydrogens (tertiary/aromatic N) is 3. The standard InChI is InChI=1S/C18H21N3O/c1-2-16(18(22)9-5-6-10-18)21-12-20-15-11-19-14-8-4-3-7-13(14)17(15)21/h3-4,7-8,11-12,16,22H,2,5-6,9-10H2,1H3. The first-order valence-electron chi connectivity index (χ1n) is 8.15. The minimum absolute atomic E-state index is 0.0748. The molecule has 3 aromatic rings. The second-order valence-electron chi connectivity index (χ2n) is 6.40. The van der Waals surface area contributed by atoms with E-state index in [1.165, 1.54) is 0 Å². The lowest BCUT2D eigenvalue weighted by atomic mass is 9.90. The first kappa shape index (κ1) is 13.7. The number of aromatic nitrogens is 3. The number of para-hydroxylation sites is 1. The summed E-state index contributed by atoms with van der Waals surface area (Å²) in [6.07, 6.45) is 8.60. The zero-order valence-corrected chi connectivity index (χ0v) is 12.9. The van der Waals surface area contributed by atoms with Crippen LogP contribution in [0.3, 0.4) is 0 Å². The minimum Gasteiger partial charge on any atom is -0.388 e. The van der Waals surface area contributed by atoms with E-state index < -0.39 is 5.60 Å². The molecule has 114 valence electrons. The molecule has 1 aromatic carbocycles. The Bertz CT molecular complexity index is 817. The number of benzene rings is 1. The number of hydrogen-bond acceptors (Lipinski definition) is 3. The molecule has 1 aliphatic rings. The van der Waals surface area contributed by atoms with Crippen LogP contribution < -0.4 is 0 Å². The Morgan fingerprint density at radius 1 is 1.18 bits per heavy atom. The monoisotopic (exact) mass is 295 g/mol. The van der Waals surface area contributed by atoms with Crippen molar-refractivity contribution in [1.82, 2.24) is 14.5 Å². The van der Waals surface area contributed by atoms with Crippen molar-refractivity contribution in [2.75, 3.05) is 0 Å². The molecule has 1 atom stereocenters. The Morgan fingerprint density at radius 3 is 2.73 bits per heavy atom. The molecule has 1 N–H and O–H groups in total. The molecule has 1 aliphatic carbocycles. The Labute approximate surface area is 129 Å². The number of hydrogen-bond donors (Lipinski definition) is 1. The van der Waals surface area contributed by atoms with Gasteiger partial charge in [-0.15, -0.1) is 0 Å². The molecule has 1 unspecified atom stereocenters. The van der Waals surface area contributed by atoms with E-state index in [-0.39, 0.29) is 6.04 Å². The third-order valence-electron chi connectivity index (χ3n) is 5.12. The van der Waals surface area contributed by atoms with E-state index in [4.69, 9.17) is 0 Å². The highest BCUT2D eigenvalue weighted by Crippen LogP contribution is 2.42. The predicted molar refractivity (Wildman–Crippen MR) is 87.8 cm³/mol. The molecule has 4 rings (SSSR count). The normalized spacial score (nSPS) is 19.0. The predicted octanol–water partition coefficient (Wildman–Crippen LogP) is 3.84. The largest absolute Gasteiger partial charge is 0.388 e. The summed E-state index contributed by atoms with van der Waals surface area (Å²) in [5, 5.41) is 12.2. The second kappa shape index (κ2) is 5.06. The van der Waals surface area contributed by atoms with Gasteiger partial charge in [0.25, 0.3) is 0 Å². The van der Waals surface area contributed by atoms with Crippen LogP contribution in [-0.4, -0.2) is 25.2 Å². The maximum atomic E-state index is 11.1. The van der Waals surface area contributed by atoms with E-state index in [1.54, 1.807) is 0 Å². The number of fused-ring (bicyclic) bond motifs is 3. The van der Waals surface area contributed by atoms with Crippen LogP contribution >= 0.6 is 0 Å². The molecule has 1 saturated carbocycles. The summed E-state index contributed by atoms with van der Waals surface area (Å²) in [5.74, 6) is 0. The Morgan fingerprint density at radius 2 is 1.95 bits per heavy atom. The summed E-state index contributed by atoms with van der Waals surface area (Å²) in [7, 11) is 0. The fourth-order valence-electron chi connectivity index (χ4n) is 4.06. The van der Waals surface area contributed by atoms with Gasteiger partial charge in [0.2, 0.25) is 0 Å². The van der Waals surface area contributed by atoms with Gasteiger partial charge < -0.3 is 9.67 Å². The van der Waals surface area contributed by atoms with Gasteiger partial charge >= 0.3 is 0 Å². The van der Waals surface area contributed by atoms with Gasteiger partial charge in [0.05, 0.1) is 35.2 Å². The molecule has 0 aliphatic heterocycles. The van der Waals surface area contributed by atoms with Crippen molar-refractivity contribution in [3.63, 3.8) is 0 Å². The first-order valence-corrected chi connectivity index (χ1v) is 8.15. The highest BCUT2D eigenvalue weighted by molar-refractivity contribution is 6.02. The van der Waals surface area contributed by atoms with E-state index in [9.17, 15) is 5.11 Å². The van der Waals surface area contributed by atoms with Crippen LogP contribution in [-0.2, 0) is 0 Å². The number of imidazole rings is 1. The number of pyridine rings is 1. The number of aliphatic hydroxyl groups is 1. The summed E-state index contributed by atoms with van der Waals surface area (Å²) in [6, 6.07) is 8.23. The lowest BCUT2D eigenvalue weighted by Crippen LogP contribution is -2.36. The van der Waals surface area contributed by atoms with E-state index >= 15 is 0 Å². The highest BCUT2D eigenvalue weighted by atomic mass is 16.3. The lowest BCUT2D eigenvalue weighted by molar-refractivity contribution is -0.00632. The van der Waals surface area contributed by atoms with Crippen molar-refractivity contribution in [2.24, 2.45) is 0 Å². The van der Waals surface area contributed by atoms with Gasteiger partial charge in [0.1, 0.15) is 5.52 Å². The molecular formula is C18H21N3O. The molecular weight excluding hydrogens is 274 g/mol. The average Bonchev–Trinajstić information content (AvgIpc) is 3.16. The van der Waals surface area contributed by atoms with Crippen LogP contribution in [0.4, 0.5) is 0 Å². The van der Waals surface area contributed by atoms with E-state index in [0.717, 1.165) is 54.0 Å². The quantitative estimate of drug-likeness (QED) is 0.798. The Kier molecular flexibility index (Phi) is 3.15. The fourth-order valence-corrected chi connectivity index (χ4v) is 4.06. The van der Waals surface area contributed by atoms with Gasteiger partial charge in [-0.1, -0.05) is 38.0 Å². The fraction of sp³-hybridized carbons (Fsp3) is 0.444. The Hall–Kier alpha value is -1.94. The highest BCUT2D eigenvalue weighted by Gasteiger charge is 2.40. The van der Waals surface area contributed by atoms with E-state index in [2.05, 4.69) is 27.5 Å². The summed E-state index contributed by atoms with van der Waals surface area (Å²) in [5.41, 5.74) is 2.37. The molecule has 0 spiro atoms. The third kappa shape index (κ3) is 1.94. The second-order valence-corrected chi connectivity index (χ2v) is 6.40. The molecule has 1 fully saturated rings. The zero-order valence-electron chi connectivity index (χ0n) is 12.9. The summed E-state index contributed by atoms with van der Waals surface area (Å²) in [4.78, 5) is 9.01. The average molecular weight is 295 g/mol. The maximum Gasteiger partial charge on any atom is 0.107 e. The van der Waals surface area contributed by atoms with Gasteiger partial charge in [0, 0.05) is 5.39 Å². The van der Waals surface area contributed by atoms with Crippen molar-refractivity contribution < 1.29 is 5.11 Å². The molecule has 0 saturated heterocycles. The van der Waals surface area contributed by atoms with Gasteiger partial charge in [0.15, 0.2) is 0 Å². The zero-order chi connectivity index (χ0) is 15.2. The van der Waals surface area contributed by atoms with Crippen molar-refractivity contribution in [3.05, 3.63) is 36.8 Å². The van der Waals surface area contributed by atoms with Crippen LogP contribution in [0.1, 0.15) is 45.1 Å². The summed E-state index contributed by atoms with van der Waals surface area (Å²) < 4.78 is 2.19. The minimum atomic E-state index is -0.604. The molecule has 2 heterocycles. The summed E-state index contributed by atoms with van der Waals surface area (Å²) in [6.45, 7) is 2.15. The van der Waals surface area contributed by atoms with Gasteiger partial charge in [-0.2, -0.15) is 0 Å². The van der Waals surface area contributed by atoms with Gasteiger partial charge in [-0.05, 0) is 25.3 Å². The lowest BCUT2D eigenvalue weighted by Gasteiger charge is -2.33. The molecule has 0 bridgehead atoms. The maximum absolute atomic E-state index is 11.1. The van der Waals surface area contributed by atoms with Crippen LogP contribution in [0.5, 0.6) is 0 Å². The number of rotatable bonds is 3. The molecule has 2 aromatic heterocycles. The third-order valence-corrected chi connectivity index (χ3v) is 5.12. The van der Waals surface area contributed by atoms with Crippen molar-refractivity contribution >= 4 is 21.9 Å². The van der Waals surface area contributed by atoms with Crippen molar-refractivity contribution in [2.45, 2.75) is 50.7 Å². The molecule has 0 amide bonds. The first-order chi connectivity index (χ1) is 10.7. The van der Waals surface area contributed by atoms with Gasteiger partial charge in [-0.3, -0.25) is 4.98 Å². The van der Waals surface area contributed by atoms with Gasteiger partial charge in [-0.25, -0.2) is 4.98 Å². The van der Waals surface area contributed by atoms with Crippen molar-refractivity contribution in [3.8, 4) is 0 Å². The molecule has 22 heavy (non-hydrogen) atoms. The van der Waals surface area contributed by atoms with Crippen LogP contribution in [0.2, 0.25) is 0 Å².